The number of halogens is 3. The van der Waals surface area contributed by atoms with Gasteiger partial charge in [0.1, 0.15) is 5.76 Å². The molecule has 1 aromatic heterocycles. The second-order valence-electron chi connectivity index (χ2n) is 7.45. The molecule has 11 heteroatoms. The lowest BCUT2D eigenvalue weighted by Crippen LogP contribution is -2.52. The Morgan fingerprint density at radius 2 is 1.76 bits per heavy atom. The van der Waals surface area contributed by atoms with E-state index < -0.39 is 15.5 Å². The quantitative estimate of drug-likeness (QED) is 0.529. The Morgan fingerprint density at radius 1 is 1.14 bits per heavy atom. The monoisotopic (exact) mass is 436 g/mol. The summed E-state index contributed by atoms with van der Waals surface area (Å²) in [5, 5.41) is 6.68. The standard InChI is InChI=1S/C18H27F3N4O3S/c19-18(20,21)29(26,27)25-11-8-15(9-12-25)24-17(23-14-4-1-2-5-14)22-10-7-16-6-3-13-28-16/h3,6,13-15H,1-2,4-5,7-12H2,(H2,22,23,24). The van der Waals surface area contributed by atoms with Gasteiger partial charge in [-0.3, -0.25) is 4.99 Å². The van der Waals surface area contributed by atoms with Gasteiger partial charge in [-0.2, -0.15) is 17.5 Å². The molecule has 0 amide bonds. The van der Waals surface area contributed by atoms with Crippen LogP contribution in [0.5, 0.6) is 0 Å². The smallest absolute Gasteiger partial charge is 0.469 e. The molecule has 2 aliphatic rings. The predicted molar refractivity (Wildman–Crippen MR) is 103 cm³/mol. The molecular formula is C18H27F3N4O3S. The molecule has 0 atom stereocenters. The van der Waals surface area contributed by atoms with Gasteiger partial charge in [-0.25, -0.2) is 8.42 Å². The molecule has 0 bridgehead atoms. The zero-order valence-electron chi connectivity index (χ0n) is 16.1. The molecule has 2 heterocycles. The van der Waals surface area contributed by atoms with Gasteiger partial charge < -0.3 is 15.1 Å². The van der Waals surface area contributed by atoms with Crippen LogP contribution in [0, 0.1) is 0 Å². The number of furan rings is 1. The van der Waals surface area contributed by atoms with Crippen molar-refractivity contribution >= 4 is 16.0 Å². The molecule has 0 unspecified atom stereocenters. The van der Waals surface area contributed by atoms with Crippen LogP contribution in [0.4, 0.5) is 13.2 Å². The highest BCUT2D eigenvalue weighted by Gasteiger charge is 2.50. The maximum absolute atomic E-state index is 12.7. The number of nitrogens with one attached hydrogen (secondary N) is 2. The molecule has 1 aromatic rings. The van der Waals surface area contributed by atoms with Crippen molar-refractivity contribution in [2.45, 2.75) is 62.5 Å². The molecule has 0 radical (unpaired) electrons. The Morgan fingerprint density at radius 3 is 2.31 bits per heavy atom. The first kappa shape index (κ1) is 21.9. The number of nitrogens with zero attached hydrogens (tertiary/aromatic N) is 2. The van der Waals surface area contributed by atoms with E-state index in [0.29, 0.717) is 42.1 Å². The van der Waals surface area contributed by atoms with Crippen LogP contribution in [0.15, 0.2) is 27.8 Å². The van der Waals surface area contributed by atoms with Gasteiger partial charge in [-0.15, -0.1) is 0 Å². The zero-order chi connectivity index (χ0) is 20.9. The molecule has 1 saturated heterocycles. The van der Waals surface area contributed by atoms with Crippen molar-refractivity contribution in [3.8, 4) is 0 Å². The van der Waals surface area contributed by atoms with Crippen molar-refractivity contribution in [1.29, 1.82) is 0 Å². The Labute approximate surface area is 168 Å². The van der Waals surface area contributed by atoms with Gasteiger partial charge in [0, 0.05) is 38.1 Å². The fourth-order valence-electron chi connectivity index (χ4n) is 3.71. The first-order valence-electron chi connectivity index (χ1n) is 9.92. The van der Waals surface area contributed by atoms with Gasteiger partial charge >= 0.3 is 15.5 Å². The average molecular weight is 437 g/mol. The molecule has 7 nitrogen and oxygen atoms in total. The lowest BCUT2D eigenvalue weighted by molar-refractivity contribution is -0.0494. The molecule has 1 aliphatic heterocycles. The normalized spacial score (nSPS) is 20.9. The third-order valence-corrected chi connectivity index (χ3v) is 6.96. The summed E-state index contributed by atoms with van der Waals surface area (Å²) in [6.07, 6.45) is 7.26. The summed E-state index contributed by atoms with van der Waals surface area (Å²) in [5.74, 6) is 1.46. The van der Waals surface area contributed by atoms with Gasteiger partial charge in [-0.05, 0) is 37.8 Å². The van der Waals surface area contributed by atoms with Crippen LogP contribution in [0.2, 0.25) is 0 Å². The SMILES string of the molecule is O=S(=O)(N1CCC(NC(=NCCc2ccco2)NC2CCCC2)CC1)C(F)(F)F. The maximum atomic E-state index is 12.7. The summed E-state index contributed by atoms with van der Waals surface area (Å²) in [4.78, 5) is 4.59. The van der Waals surface area contributed by atoms with Crippen LogP contribution in [-0.4, -0.2) is 55.9 Å². The summed E-state index contributed by atoms with van der Waals surface area (Å²) >= 11 is 0. The molecule has 2 fully saturated rings. The van der Waals surface area contributed by atoms with E-state index in [-0.39, 0.29) is 19.1 Å². The third-order valence-electron chi connectivity index (χ3n) is 5.33. The fraction of sp³-hybridized carbons (Fsp3) is 0.722. The van der Waals surface area contributed by atoms with Crippen molar-refractivity contribution < 1.29 is 26.0 Å². The van der Waals surface area contributed by atoms with E-state index in [1.165, 1.54) is 0 Å². The van der Waals surface area contributed by atoms with E-state index in [4.69, 9.17) is 4.42 Å². The van der Waals surface area contributed by atoms with Crippen LogP contribution in [0.25, 0.3) is 0 Å². The molecule has 1 aliphatic carbocycles. The van der Waals surface area contributed by atoms with Gasteiger partial charge in [0.15, 0.2) is 5.96 Å². The third kappa shape index (κ3) is 5.88. The van der Waals surface area contributed by atoms with E-state index in [9.17, 15) is 21.6 Å². The van der Waals surface area contributed by atoms with Crippen LogP contribution < -0.4 is 10.6 Å². The second-order valence-corrected chi connectivity index (χ2v) is 9.38. The topological polar surface area (TPSA) is 86.9 Å². The zero-order valence-corrected chi connectivity index (χ0v) is 16.9. The molecule has 29 heavy (non-hydrogen) atoms. The highest BCUT2D eigenvalue weighted by Crippen LogP contribution is 2.29. The number of sulfonamides is 1. The summed E-state index contributed by atoms with van der Waals surface area (Å²) in [6, 6.07) is 3.89. The van der Waals surface area contributed by atoms with E-state index in [1.54, 1.807) is 6.26 Å². The van der Waals surface area contributed by atoms with E-state index in [2.05, 4.69) is 15.6 Å². The first-order valence-corrected chi connectivity index (χ1v) is 11.4. The van der Waals surface area contributed by atoms with Crippen molar-refractivity contribution in [2.24, 2.45) is 4.99 Å². The van der Waals surface area contributed by atoms with Crippen molar-refractivity contribution in [3.05, 3.63) is 24.2 Å². The molecular weight excluding hydrogens is 409 g/mol. The van der Waals surface area contributed by atoms with Crippen LogP contribution in [-0.2, 0) is 16.4 Å². The van der Waals surface area contributed by atoms with Crippen molar-refractivity contribution in [2.75, 3.05) is 19.6 Å². The molecule has 0 aromatic carbocycles. The first-order chi connectivity index (χ1) is 13.8. The highest BCUT2D eigenvalue weighted by atomic mass is 32.2. The molecule has 3 rings (SSSR count). The van der Waals surface area contributed by atoms with Gasteiger partial charge in [-0.1, -0.05) is 12.8 Å². The maximum Gasteiger partial charge on any atom is 0.511 e. The number of hydrogen-bond donors (Lipinski definition) is 2. The number of guanidine groups is 1. The van der Waals surface area contributed by atoms with Crippen molar-refractivity contribution in [3.63, 3.8) is 0 Å². The van der Waals surface area contributed by atoms with Gasteiger partial charge in [0.05, 0.1) is 6.26 Å². The number of piperidine rings is 1. The Bertz CT molecular complexity index is 767. The van der Waals surface area contributed by atoms with E-state index in [0.717, 1.165) is 31.4 Å². The highest BCUT2D eigenvalue weighted by molar-refractivity contribution is 7.90. The van der Waals surface area contributed by atoms with E-state index >= 15 is 0 Å². The Kier molecular flexibility index (Phi) is 7.10. The molecule has 1 saturated carbocycles. The minimum atomic E-state index is -5.26. The van der Waals surface area contributed by atoms with Crippen molar-refractivity contribution in [1.82, 2.24) is 14.9 Å². The van der Waals surface area contributed by atoms with Crippen LogP contribution in [0.3, 0.4) is 0 Å². The largest absolute Gasteiger partial charge is 0.511 e. The summed E-state index contributed by atoms with van der Waals surface area (Å²) < 4.78 is 67.1. The molecule has 164 valence electrons. The molecule has 0 spiro atoms. The lowest BCUT2D eigenvalue weighted by Gasteiger charge is -2.33. The summed E-state index contributed by atoms with van der Waals surface area (Å²) in [5.41, 5.74) is -5.25. The lowest BCUT2D eigenvalue weighted by atomic mass is 10.1. The summed E-state index contributed by atoms with van der Waals surface area (Å²) in [6.45, 7) is 0.183. The number of hydrogen-bond acceptors (Lipinski definition) is 4. The van der Waals surface area contributed by atoms with Crippen LogP contribution >= 0.6 is 0 Å². The Hall–Kier alpha value is -1.75. The number of rotatable bonds is 6. The number of alkyl halides is 3. The minimum absolute atomic E-state index is 0.133. The average Bonchev–Trinajstić information content (AvgIpc) is 3.35. The molecule has 2 N–H and O–H groups in total. The fourth-order valence-corrected chi connectivity index (χ4v) is 4.69. The second kappa shape index (κ2) is 9.38. The minimum Gasteiger partial charge on any atom is -0.469 e. The van der Waals surface area contributed by atoms with Crippen LogP contribution in [0.1, 0.15) is 44.3 Å². The van der Waals surface area contributed by atoms with Gasteiger partial charge in [0.25, 0.3) is 0 Å². The predicted octanol–water partition coefficient (Wildman–Crippen LogP) is 2.61. The Balaban J connectivity index is 1.56. The van der Waals surface area contributed by atoms with E-state index in [1.807, 2.05) is 12.1 Å². The summed E-state index contributed by atoms with van der Waals surface area (Å²) in [7, 11) is -5.26. The van der Waals surface area contributed by atoms with Gasteiger partial charge in [0.2, 0.25) is 0 Å². The number of aliphatic imine (C=N–C) groups is 1.